The third kappa shape index (κ3) is 4.09. The summed E-state index contributed by atoms with van der Waals surface area (Å²) in [6.07, 6.45) is 3.85. The van der Waals surface area contributed by atoms with Crippen LogP contribution in [0, 0.1) is 0 Å². The fourth-order valence-electron chi connectivity index (χ4n) is 0.463. The second kappa shape index (κ2) is 4.99. The highest BCUT2D eigenvalue weighted by molar-refractivity contribution is 5.79. The molecule has 0 radical (unpaired) electrons. The fraction of sp³-hybridized carbons (Fsp3) is 0.571. The van der Waals surface area contributed by atoms with Gasteiger partial charge >= 0.3 is 0 Å². The summed E-state index contributed by atoms with van der Waals surface area (Å²) in [5.74, 6) is -0.315. The molecular weight excluding hydrogens is 128 g/mol. The van der Waals surface area contributed by atoms with Gasteiger partial charge in [0.2, 0.25) is 5.91 Å². The SMILES string of the molecule is C/C=C/CNC(C)C(N)=O. The van der Waals surface area contributed by atoms with Crippen LogP contribution in [0.25, 0.3) is 0 Å². The van der Waals surface area contributed by atoms with E-state index in [-0.39, 0.29) is 11.9 Å². The van der Waals surface area contributed by atoms with E-state index < -0.39 is 0 Å². The Labute approximate surface area is 61.3 Å². The Balaban J connectivity index is 3.39. The van der Waals surface area contributed by atoms with Crippen LogP contribution in [0.4, 0.5) is 0 Å². The van der Waals surface area contributed by atoms with Crippen LogP contribution in [-0.2, 0) is 4.79 Å². The van der Waals surface area contributed by atoms with E-state index in [9.17, 15) is 4.79 Å². The van der Waals surface area contributed by atoms with E-state index in [1.807, 2.05) is 19.1 Å². The molecule has 58 valence electrons. The summed E-state index contributed by atoms with van der Waals surface area (Å²) < 4.78 is 0. The largest absolute Gasteiger partial charge is 0.368 e. The molecule has 0 saturated carbocycles. The molecule has 0 aliphatic heterocycles. The lowest BCUT2D eigenvalue weighted by atomic mass is 10.3. The third-order valence-electron chi connectivity index (χ3n) is 1.20. The first-order chi connectivity index (χ1) is 4.68. The molecule has 3 heteroatoms. The van der Waals surface area contributed by atoms with Gasteiger partial charge in [0.1, 0.15) is 0 Å². The van der Waals surface area contributed by atoms with Gasteiger partial charge in [-0.1, -0.05) is 12.2 Å². The molecule has 0 bridgehead atoms. The van der Waals surface area contributed by atoms with Gasteiger partial charge in [-0.3, -0.25) is 4.79 Å². The normalized spacial score (nSPS) is 13.8. The van der Waals surface area contributed by atoms with Crippen molar-refractivity contribution in [2.45, 2.75) is 19.9 Å². The van der Waals surface area contributed by atoms with E-state index in [2.05, 4.69) is 5.32 Å². The number of allylic oxidation sites excluding steroid dienone is 1. The second-order valence-electron chi connectivity index (χ2n) is 2.10. The summed E-state index contributed by atoms with van der Waals surface area (Å²) in [5, 5.41) is 2.92. The Morgan fingerprint density at radius 3 is 2.80 bits per heavy atom. The number of carbonyl (C=O) groups is 1. The summed E-state index contributed by atoms with van der Waals surface area (Å²) >= 11 is 0. The van der Waals surface area contributed by atoms with E-state index in [0.29, 0.717) is 6.54 Å². The second-order valence-corrected chi connectivity index (χ2v) is 2.10. The van der Waals surface area contributed by atoms with Crippen LogP contribution in [0.5, 0.6) is 0 Å². The minimum atomic E-state index is -0.315. The van der Waals surface area contributed by atoms with Crippen molar-refractivity contribution in [2.75, 3.05) is 6.54 Å². The Hall–Kier alpha value is -0.830. The minimum absolute atomic E-state index is 0.240. The molecule has 0 aromatic carbocycles. The van der Waals surface area contributed by atoms with Gasteiger partial charge in [-0.25, -0.2) is 0 Å². The predicted molar refractivity (Wildman–Crippen MR) is 41.5 cm³/mol. The van der Waals surface area contributed by atoms with Gasteiger partial charge in [-0.15, -0.1) is 0 Å². The summed E-state index contributed by atoms with van der Waals surface area (Å²) in [4.78, 5) is 10.4. The van der Waals surface area contributed by atoms with Gasteiger partial charge < -0.3 is 11.1 Å². The van der Waals surface area contributed by atoms with Crippen LogP contribution in [0.15, 0.2) is 12.2 Å². The zero-order valence-electron chi connectivity index (χ0n) is 6.42. The molecule has 3 nitrogen and oxygen atoms in total. The van der Waals surface area contributed by atoms with Crippen molar-refractivity contribution in [2.24, 2.45) is 5.73 Å². The van der Waals surface area contributed by atoms with Crippen LogP contribution in [-0.4, -0.2) is 18.5 Å². The number of amides is 1. The molecule has 0 aromatic heterocycles. The van der Waals surface area contributed by atoms with Gasteiger partial charge in [0.25, 0.3) is 0 Å². The lowest BCUT2D eigenvalue weighted by Gasteiger charge is -2.05. The molecule has 0 spiro atoms. The van der Waals surface area contributed by atoms with Crippen LogP contribution < -0.4 is 11.1 Å². The number of nitrogens with one attached hydrogen (secondary N) is 1. The van der Waals surface area contributed by atoms with E-state index in [1.165, 1.54) is 0 Å². The van der Waals surface area contributed by atoms with Crippen LogP contribution in [0.2, 0.25) is 0 Å². The summed E-state index contributed by atoms with van der Waals surface area (Å²) in [7, 11) is 0. The van der Waals surface area contributed by atoms with Gasteiger partial charge in [-0.05, 0) is 13.8 Å². The maximum Gasteiger partial charge on any atom is 0.234 e. The topological polar surface area (TPSA) is 55.1 Å². The first kappa shape index (κ1) is 9.17. The van der Waals surface area contributed by atoms with Crippen LogP contribution >= 0.6 is 0 Å². The Bertz CT molecular complexity index is 132. The molecule has 0 aliphatic rings. The molecule has 1 atom stereocenters. The maximum absolute atomic E-state index is 10.4. The average molecular weight is 142 g/mol. The fourth-order valence-corrected chi connectivity index (χ4v) is 0.463. The van der Waals surface area contributed by atoms with E-state index in [0.717, 1.165) is 0 Å². The molecule has 1 amide bonds. The number of hydrogen-bond acceptors (Lipinski definition) is 2. The van der Waals surface area contributed by atoms with Crippen LogP contribution in [0.3, 0.4) is 0 Å². The van der Waals surface area contributed by atoms with Gasteiger partial charge in [0, 0.05) is 6.54 Å². The number of hydrogen-bond donors (Lipinski definition) is 2. The zero-order valence-corrected chi connectivity index (χ0v) is 6.42. The third-order valence-corrected chi connectivity index (χ3v) is 1.20. The quantitative estimate of drug-likeness (QED) is 0.544. The number of rotatable bonds is 4. The molecule has 0 aliphatic carbocycles. The molecule has 0 aromatic rings. The standard InChI is InChI=1S/C7H14N2O/c1-3-4-5-9-6(2)7(8)10/h3-4,6,9H,5H2,1-2H3,(H2,8,10)/b4-3+. The number of nitrogens with two attached hydrogens (primary N) is 1. The van der Waals surface area contributed by atoms with Crippen LogP contribution in [0.1, 0.15) is 13.8 Å². The monoisotopic (exact) mass is 142 g/mol. The molecule has 0 heterocycles. The highest BCUT2D eigenvalue weighted by Gasteiger charge is 2.04. The molecule has 0 saturated heterocycles. The van der Waals surface area contributed by atoms with Gasteiger partial charge in [-0.2, -0.15) is 0 Å². The van der Waals surface area contributed by atoms with E-state index in [1.54, 1.807) is 6.92 Å². The summed E-state index contributed by atoms with van der Waals surface area (Å²) in [6, 6.07) is -0.240. The number of primary amides is 1. The molecule has 0 rings (SSSR count). The Morgan fingerprint density at radius 1 is 1.80 bits per heavy atom. The minimum Gasteiger partial charge on any atom is -0.368 e. The van der Waals surface area contributed by atoms with Crippen molar-refractivity contribution in [1.82, 2.24) is 5.32 Å². The number of carbonyl (C=O) groups excluding carboxylic acids is 1. The van der Waals surface area contributed by atoms with Crippen molar-refractivity contribution in [1.29, 1.82) is 0 Å². The lowest BCUT2D eigenvalue weighted by Crippen LogP contribution is -2.38. The van der Waals surface area contributed by atoms with Gasteiger partial charge in [0.15, 0.2) is 0 Å². The van der Waals surface area contributed by atoms with Crippen molar-refractivity contribution < 1.29 is 4.79 Å². The van der Waals surface area contributed by atoms with Crippen molar-refractivity contribution in [3.8, 4) is 0 Å². The highest BCUT2D eigenvalue weighted by atomic mass is 16.1. The first-order valence-corrected chi connectivity index (χ1v) is 3.32. The molecule has 3 N–H and O–H groups in total. The van der Waals surface area contributed by atoms with Crippen molar-refractivity contribution in [3.05, 3.63) is 12.2 Å². The molecule has 0 fully saturated rings. The molecule has 10 heavy (non-hydrogen) atoms. The summed E-state index contributed by atoms with van der Waals surface area (Å²) in [6.45, 7) is 4.36. The Kier molecular flexibility index (Phi) is 4.58. The van der Waals surface area contributed by atoms with Crippen molar-refractivity contribution >= 4 is 5.91 Å². The molecular formula is C7H14N2O. The predicted octanol–water partition coefficient (Wildman–Crippen LogP) is 0.0259. The van der Waals surface area contributed by atoms with Gasteiger partial charge in [0.05, 0.1) is 6.04 Å². The average Bonchev–Trinajstić information content (AvgIpc) is 1.88. The smallest absolute Gasteiger partial charge is 0.234 e. The zero-order chi connectivity index (χ0) is 7.98. The Morgan fingerprint density at radius 2 is 2.40 bits per heavy atom. The van der Waals surface area contributed by atoms with Crippen molar-refractivity contribution in [3.63, 3.8) is 0 Å². The highest BCUT2D eigenvalue weighted by Crippen LogP contribution is 1.77. The lowest BCUT2D eigenvalue weighted by molar-refractivity contribution is -0.119. The summed E-state index contributed by atoms with van der Waals surface area (Å²) in [5.41, 5.74) is 4.99. The first-order valence-electron chi connectivity index (χ1n) is 3.32. The molecule has 1 unspecified atom stereocenters. The maximum atomic E-state index is 10.4. The van der Waals surface area contributed by atoms with E-state index in [4.69, 9.17) is 5.73 Å². The van der Waals surface area contributed by atoms with E-state index >= 15 is 0 Å².